The van der Waals surface area contributed by atoms with E-state index in [9.17, 15) is 0 Å². The van der Waals surface area contributed by atoms with E-state index in [0.717, 1.165) is 12.5 Å². The van der Waals surface area contributed by atoms with Gasteiger partial charge in [0.25, 0.3) is 0 Å². The Hall–Kier alpha value is -0.0800. The van der Waals surface area contributed by atoms with Gasteiger partial charge < -0.3 is 11.1 Å². The normalized spacial score (nSPS) is 36.4. The van der Waals surface area contributed by atoms with Gasteiger partial charge in [0.2, 0.25) is 0 Å². The second-order valence-corrected chi connectivity index (χ2v) is 5.50. The van der Waals surface area contributed by atoms with Crippen molar-refractivity contribution in [1.29, 1.82) is 0 Å². The third-order valence-corrected chi connectivity index (χ3v) is 4.22. The number of rotatable bonds is 3. The zero-order valence-corrected chi connectivity index (χ0v) is 9.39. The molecule has 2 rings (SSSR count). The average molecular weight is 196 g/mol. The molecule has 2 nitrogen and oxygen atoms in total. The minimum absolute atomic E-state index is 0.433. The Balaban J connectivity index is 1.75. The molecule has 0 heterocycles. The summed E-state index contributed by atoms with van der Waals surface area (Å²) in [5, 5.41) is 3.75. The number of nitrogens with two attached hydrogens (primary N) is 1. The van der Waals surface area contributed by atoms with Crippen LogP contribution in [-0.2, 0) is 0 Å². The minimum atomic E-state index is 0.433. The lowest BCUT2D eigenvalue weighted by Gasteiger charge is -2.28. The van der Waals surface area contributed by atoms with Crippen LogP contribution in [0.25, 0.3) is 0 Å². The summed E-state index contributed by atoms with van der Waals surface area (Å²) in [5.41, 5.74) is 6.50. The molecule has 0 aromatic rings. The summed E-state index contributed by atoms with van der Waals surface area (Å²) in [6.45, 7) is 3.53. The number of hydrogen-bond donors (Lipinski definition) is 2. The molecule has 0 bridgehead atoms. The van der Waals surface area contributed by atoms with Crippen molar-refractivity contribution in [3.63, 3.8) is 0 Å². The van der Waals surface area contributed by atoms with Crippen LogP contribution in [0.3, 0.4) is 0 Å². The first-order valence-corrected chi connectivity index (χ1v) is 6.20. The highest BCUT2D eigenvalue weighted by molar-refractivity contribution is 4.91. The van der Waals surface area contributed by atoms with Crippen LogP contribution in [0.1, 0.15) is 51.9 Å². The van der Waals surface area contributed by atoms with Crippen LogP contribution in [0.5, 0.6) is 0 Å². The molecule has 0 amide bonds. The fraction of sp³-hybridized carbons (Fsp3) is 1.00. The predicted molar refractivity (Wildman–Crippen MR) is 60.2 cm³/mol. The van der Waals surface area contributed by atoms with E-state index in [2.05, 4.69) is 12.2 Å². The van der Waals surface area contributed by atoms with E-state index in [1.165, 1.54) is 44.9 Å². The standard InChI is InChI=1S/C12H24N2/c1-12(7-2-3-8-12)14-9-10-5-4-6-11(10)13/h10-11,14H,2-9,13H2,1H3/t10-,11-/m0/s1. The van der Waals surface area contributed by atoms with Gasteiger partial charge in [0, 0.05) is 11.6 Å². The smallest absolute Gasteiger partial charge is 0.0153 e. The third kappa shape index (κ3) is 2.29. The monoisotopic (exact) mass is 196 g/mol. The summed E-state index contributed by atoms with van der Waals surface area (Å²) >= 11 is 0. The van der Waals surface area contributed by atoms with Gasteiger partial charge in [-0.25, -0.2) is 0 Å². The minimum Gasteiger partial charge on any atom is -0.327 e. The topological polar surface area (TPSA) is 38.0 Å². The van der Waals surface area contributed by atoms with Crippen molar-refractivity contribution in [2.75, 3.05) is 6.54 Å². The van der Waals surface area contributed by atoms with Gasteiger partial charge in [0.15, 0.2) is 0 Å². The highest BCUT2D eigenvalue weighted by atomic mass is 15.0. The summed E-state index contributed by atoms with van der Waals surface area (Å²) < 4.78 is 0. The maximum absolute atomic E-state index is 6.07. The Kier molecular flexibility index (Phi) is 3.13. The summed E-state index contributed by atoms with van der Waals surface area (Å²) in [7, 11) is 0. The second kappa shape index (κ2) is 4.19. The Morgan fingerprint density at radius 2 is 1.93 bits per heavy atom. The molecule has 3 N–H and O–H groups in total. The van der Waals surface area contributed by atoms with E-state index >= 15 is 0 Å². The average Bonchev–Trinajstić information content (AvgIpc) is 2.73. The van der Waals surface area contributed by atoms with Crippen molar-refractivity contribution in [2.45, 2.75) is 63.5 Å². The molecule has 82 valence electrons. The molecule has 0 spiro atoms. The lowest BCUT2D eigenvalue weighted by molar-refractivity contribution is 0.320. The van der Waals surface area contributed by atoms with E-state index in [1.54, 1.807) is 0 Å². The summed E-state index contributed by atoms with van der Waals surface area (Å²) in [5.74, 6) is 0.743. The van der Waals surface area contributed by atoms with Crippen molar-refractivity contribution >= 4 is 0 Å². The highest BCUT2D eigenvalue weighted by Crippen LogP contribution is 2.30. The molecular weight excluding hydrogens is 172 g/mol. The Morgan fingerprint density at radius 1 is 1.21 bits per heavy atom. The van der Waals surface area contributed by atoms with Crippen LogP contribution in [0.2, 0.25) is 0 Å². The van der Waals surface area contributed by atoms with Gasteiger partial charge in [-0.3, -0.25) is 0 Å². The van der Waals surface area contributed by atoms with E-state index in [4.69, 9.17) is 5.73 Å². The molecule has 0 aromatic carbocycles. The molecule has 2 atom stereocenters. The molecule has 2 aliphatic rings. The largest absolute Gasteiger partial charge is 0.327 e. The van der Waals surface area contributed by atoms with Crippen LogP contribution in [0.15, 0.2) is 0 Å². The highest BCUT2D eigenvalue weighted by Gasteiger charge is 2.30. The maximum Gasteiger partial charge on any atom is 0.0153 e. The molecule has 14 heavy (non-hydrogen) atoms. The molecule has 2 aliphatic carbocycles. The Morgan fingerprint density at radius 3 is 2.50 bits per heavy atom. The van der Waals surface area contributed by atoms with Crippen molar-refractivity contribution < 1.29 is 0 Å². The first-order chi connectivity index (χ1) is 6.70. The van der Waals surface area contributed by atoms with Crippen molar-refractivity contribution in [3.05, 3.63) is 0 Å². The number of hydrogen-bond acceptors (Lipinski definition) is 2. The van der Waals surface area contributed by atoms with Gasteiger partial charge in [0.05, 0.1) is 0 Å². The molecule has 2 fully saturated rings. The first-order valence-electron chi connectivity index (χ1n) is 6.20. The lowest BCUT2D eigenvalue weighted by atomic mass is 9.97. The van der Waals surface area contributed by atoms with Crippen molar-refractivity contribution in [1.82, 2.24) is 5.32 Å². The van der Waals surface area contributed by atoms with Crippen LogP contribution >= 0.6 is 0 Å². The summed E-state index contributed by atoms with van der Waals surface area (Å²) in [4.78, 5) is 0. The zero-order chi connectivity index (χ0) is 10.0. The van der Waals surface area contributed by atoms with Crippen LogP contribution in [0.4, 0.5) is 0 Å². The fourth-order valence-electron chi connectivity index (χ4n) is 3.03. The van der Waals surface area contributed by atoms with Crippen LogP contribution in [-0.4, -0.2) is 18.1 Å². The van der Waals surface area contributed by atoms with Gasteiger partial charge in [-0.15, -0.1) is 0 Å². The Bertz CT molecular complexity index is 185. The summed E-state index contributed by atoms with van der Waals surface area (Å²) in [6, 6.07) is 0.465. The predicted octanol–water partition coefficient (Wildman–Crippen LogP) is 2.04. The van der Waals surface area contributed by atoms with E-state index in [-0.39, 0.29) is 0 Å². The van der Waals surface area contributed by atoms with Gasteiger partial charge in [0.1, 0.15) is 0 Å². The molecular formula is C12H24N2. The van der Waals surface area contributed by atoms with Gasteiger partial charge >= 0.3 is 0 Å². The molecule has 0 radical (unpaired) electrons. The van der Waals surface area contributed by atoms with E-state index < -0.39 is 0 Å². The molecule has 2 heteroatoms. The van der Waals surface area contributed by atoms with Crippen LogP contribution < -0.4 is 11.1 Å². The second-order valence-electron chi connectivity index (χ2n) is 5.50. The molecule has 0 unspecified atom stereocenters. The van der Waals surface area contributed by atoms with E-state index in [0.29, 0.717) is 11.6 Å². The van der Waals surface area contributed by atoms with E-state index in [1.807, 2.05) is 0 Å². The van der Waals surface area contributed by atoms with Gasteiger partial charge in [-0.2, -0.15) is 0 Å². The zero-order valence-electron chi connectivity index (χ0n) is 9.39. The maximum atomic E-state index is 6.07. The molecule has 2 saturated carbocycles. The summed E-state index contributed by atoms with van der Waals surface area (Å²) in [6.07, 6.45) is 9.43. The van der Waals surface area contributed by atoms with Crippen molar-refractivity contribution in [2.24, 2.45) is 11.7 Å². The first kappa shape index (κ1) is 10.4. The number of nitrogens with one attached hydrogen (secondary N) is 1. The van der Waals surface area contributed by atoms with Gasteiger partial charge in [-0.1, -0.05) is 19.3 Å². The molecule has 0 aromatic heterocycles. The Labute approximate surface area is 87.6 Å². The molecule has 0 aliphatic heterocycles. The fourth-order valence-corrected chi connectivity index (χ4v) is 3.03. The van der Waals surface area contributed by atoms with Crippen LogP contribution in [0, 0.1) is 5.92 Å². The van der Waals surface area contributed by atoms with Crippen molar-refractivity contribution in [3.8, 4) is 0 Å². The third-order valence-electron chi connectivity index (χ3n) is 4.22. The lowest BCUT2D eigenvalue weighted by Crippen LogP contribution is -2.44. The van der Waals surface area contributed by atoms with Gasteiger partial charge in [-0.05, 0) is 45.1 Å². The SMILES string of the molecule is CC1(NC[C@@H]2CCC[C@@H]2N)CCCC1. The quantitative estimate of drug-likeness (QED) is 0.725. The molecule has 0 saturated heterocycles.